The fraction of sp³-hybridized carbons (Fsp3) is 0.250. The number of aromatic carboxylic acids is 1. The zero-order valence-corrected chi connectivity index (χ0v) is 6.61. The van der Waals surface area contributed by atoms with Crippen molar-refractivity contribution in [3.05, 3.63) is 23.5 Å². The van der Waals surface area contributed by atoms with E-state index in [1.165, 1.54) is 4.57 Å². The number of aryl methyl sites for hydroxylation is 1. The highest BCUT2D eigenvalue weighted by Crippen LogP contribution is 2.09. The van der Waals surface area contributed by atoms with Gasteiger partial charge in [-0.05, 0) is 18.6 Å². The molecule has 0 spiro atoms. The van der Waals surface area contributed by atoms with E-state index in [9.17, 15) is 4.79 Å². The van der Waals surface area contributed by atoms with Gasteiger partial charge < -0.3 is 9.67 Å². The Kier molecular flexibility index (Phi) is 2.15. The molecule has 0 amide bonds. The molecule has 1 heterocycles. The zero-order valence-electron chi connectivity index (χ0n) is 6.61. The molecular formula is C8H8N2O2. The van der Waals surface area contributed by atoms with Crippen molar-refractivity contribution < 1.29 is 9.90 Å². The van der Waals surface area contributed by atoms with E-state index in [2.05, 4.69) is 0 Å². The molecule has 0 aliphatic carbocycles. The quantitative estimate of drug-likeness (QED) is 0.709. The lowest BCUT2D eigenvalue weighted by molar-refractivity contribution is 0.0685. The molecule has 4 nitrogen and oxygen atoms in total. The van der Waals surface area contributed by atoms with Crippen LogP contribution in [0.1, 0.15) is 16.1 Å². The van der Waals surface area contributed by atoms with Gasteiger partial charge in [-0.15, -0.1) is 0 Å². The summed E-state index contributed by atoms with van der Waals surface area (Å²) in [5, 5.41) is 17.1. The molecule has 12 heavy (non-hydrogen) atoms. The number of nitriles is 1. The number of carbonyl (C=O) groups is 1. The lowest BCUT2D eigenvalue weighted by Gasteiger charge is -1.99. The van der Waals surface area contributed by atoms with Crippen LogP contribution in [0.2, 0.25) is 0 Å². The van der Waals surface area contributed by atoms with E-state index in [1.54, 1.807) is 19.2 Å². The molecule has 0 unspecified atom stereocenters. The number of carboxylic acid groups (broad SMARTS) is 1. The number of aromatic nitrogens is 1. The molecule has 4 heteroatoms. The van der Waals surface area contributed by atoms with Crippen LogP contribution < -0.4 is 0 Å². The fourth-order valence-corrected chi connectivity index (χ4v) is 1.08. The first kappa shape index (κ1) is 8.34. The van der Waals surface area contributed by atoms with Gasteiger partial charge in [-0.2, -0.15) is 5.26 Å². The van der Waals surface area contributed by atoms with E-state index in [1.807, 2.05) is 6.07 Å². The molecule has 0 atom stereocenters. The first-order chi connectivity index (χ1) is 5.66. The van der Waals surface area contributed by atoms with Crippen LogP contribution in [-0.2, 0) is 6.54 Å². The van der Waals surface area contributed by atoms with Gasteiger partial charge in [0.15, 0.2) is 0 Å². The number of hydrogen-bond acceptors (Lipinski definition) is 2. The number of carboxylic acids is 1. The smallest absolute Gasteiger partial charge is 0.352 e. The molecule has 0 aliphatic heterocycles. The molecule has 0 saturated heterocycles. The van der Waals surface area contributed by atoms with Gasteiger partial charge in [0.25, 0.3) is 0 Å². The first-order valence-corrected chi connectivity index (χ1v) is 3.42. The Hall–Kier alpha value is -1.76. The Morgan fingerprint density at radius 2 is 2.50 bits per heavy atom. The van der Waals surface area contributed by atoms with Crippen LogP contribution in [0, 0.1) is 18.3 Å². The van der Waals surface area contributed by atoms with Gasteiger partial charge in [-0.3, -0.25) is 0 Å². The van der Waals surface area contributed by atoms with Crippen LogP contribution in [0.25, 0.3) is 0 Å². The topological polar surface area (TPSA) is 66.0 Å². The predicted molar refractivity (Wildman–Crippen MR) is 41.7 cm³/mol. The normalized spacial score (nSPS) is 9.33. The average molecular weight is 164 g/mol. The van der Waals surface area contributed by atoms with Gasteiger partial charge in [-0.1, -0.05) is 0 Å². The Morgan fingerprint density at radius 1 is 1.83 bits per heavy atom. The number of hydrogen-bond donors (Lipinski definition) is 1. The molecule has 0 aromatic carbocycles. The summed E-state index contributed by atoms with van der Waals surface area (Å²) < 4.78 is 1.41. The number of rotatable bonds is 2. The van der Waals surface area contributed by atoms with Gasteiger partial charge in [0, 0.05) is 6.20 Å². The third-order valence-corrected chi connectivity index (χ3v) is 1.61. The lowest BCUT2D eigenvalue weighted by atomic mass is 10.3. The monoisotopic (exact) mass is 164 g/mol. The van der Waals surface area contributed by atoms with Gasteiger partial charge >= 0.3 is 5.97 Å². The highest BCUT2D eigenvalue weighted by molar-refractivity contribution is 5.87. The van der Waals surface area contributed by atoms with E-state index >= 15 is 0 Å². The Labute approximate surface area is 69.7 Å². The summed E-state index contributed by atoms with van der Waals surface area (Å²) in [4.78, 5) is 10.6. The summed E-state index contributed by atoms with van der Waals surface area (Å²) in [6.45, 7) is 1.78. The summed E-state index contributed by atoms with van der Waals surface area (Å²) in [6.07, 6.45) is 1.60. The fourth-order valence-electron chi connectivity index (χ4n) is 1.08. The van der Waals surface area contributed by atoms with Crippen molar-refractivity contribution in [1.82, 2.24) is 4.57 Å². The minimum absolute atomic E-state index is 0.0788. The van der Waals surface area contributed by atoms with Crippen LogP contribution >= 0.6 is 0 Å². The second kappa shape index (κ2) is 3.09. The maximum Gasteiger partial charge on any atom is 0.352 e. The van der Waals surface area contributed by atoms with Crippen molar-refractivity contribution in [3.8, 4) is 6.07 Å². The van der Waals surface area contributed by atoms with Crippen LogP contribution in [0.3, 0.4) is 0 Å². The third kappa shape index (κ3) is 1.30. The van der Waals surface area contributed by atoms with E-state index in [-0.39, 0.29) is 12.2 Å². The second-order valence-electron chi connectivity index (χ2n) is 2.44. The minimum atomic E-state index is -0.993. The summed E-state index contributed by atoms with van der Waals surface area (Å²) in [5.74, 6) is -0.993. The van der Waals surface area contributed by atoms with E-state index in [0.29, 0.717) is 5.56 Å². The summed E-state index contributed by atoms with van der Waals surface area (Å²) >= 11 is 0. The SMILES string of the molecule is Cc1ccn(CC#N)c1C(=O)O. The third-order valence-electron chi connectivity index (χ3n) is 1.61. The maximum atomic E-state index is 10.6. The molecular weight excluding hydrogens is 156 g/mol. The summed E-state index contributed by atoms with van der Waals surface area (Å²) in [6, 6.07) is 3.57. The van der Waals surface area contributed by atoms with E-state index < -0.39 is 5.97 Å². The predicted octanol–water partition coefficient (Wildman–Crippen LogP) is 1.02. The largest absolute Gasteiger partial charge is 0.477 e. The Morgan fingerprint density at radius 3 is 3.00 bits per heavy atom. The Bertz CT molecular complexity index is 346. The van der Waals surface area contributed by atoms with E-state index in [0.717, 1.165) is 0 Å². The minimum Gasteiger partial charge on any atom is -0.477 e. The summed E-state index contributed by atoms with van der Waals surface area (Å²) in [7, 11) is 0. The molecule has 0 aliphatic rings. The molecule has 1 aromatic heterocycles. The van der Waals surface area contributed by atoms with Crippen molar-refractivity contribution in [3.63, 3.8) is 0 Å². The van der Waals surface area contributed by atoms with Gasteiger partial charge in [0.1, 0.15) is 12.2 Å². The van der Waals surface area contributed by atoms with Crippen molar-refractivity contribution in [2.24, 2.45) is 0 Å². The standard InChI is InChI=1S/C8H8N2O2/c1-6-2-4-10(5-3-9)7(6)8(11)12/h2,4H,5H2,1H3,(H,11,12). The van der Waals surface area contributed by atoms with Crippen LogP contribution in [0.15, 0.2) is 12.3 Å². The molecule has 1 rings (SSSR count). The average Bonchev–Trinajstić information content (AvgIpc) is 2.32. The van der Waals surface area contributed by atoms with Crippen molar-refractivity contribution in [1.29, 1.82) is 5.26 Å². The van der Waals surface area contributed by atoms with Crippen molar-refractivity contribution in [2.75, 3.05) is 0 Å². The molecule has 62 valence electrons. The molecule has 1 aromatic rings. The number of nitrogens with zero attached hydrogens (tertiary/aromatic N) is 2. The summed E-state index contributed by atoms with van der Waals surface area (Å²) in [5.41, 5.74) is 0.870. The second-order valence-corrected chi connectivity index (χ2v) is 2.44. The Balaban J connectivity index is 3.14. The van der Waals surface area contributed by atoms with Crippen molar-refractivity contribution >= 4 is 5.97 Å². The maximum absolute atomic E-state index is 10.6. The first-order valence-electron chi connectivity index (χ1n) is 3.42. The van der Waals surface area contributed by atoms with Crippen LogP contribution in [0.4, 0.5) is 0 Å². The molecule has 0 fully saturated rings. The highest BCUT2D eigenvalue weighted by Gasteiger charge is 2.11. The molecule has 0 saturated carbocycles. The van der Waals surface area contributed by atoms with Gasteiger partial charge in [-0.25, -0.2) is 4.79 Å². The highest BCUT2D eigenvalue weighted by atomic mass is 16.4. The van der Waals surface area contributed by atoms with E-state index in [4.69, 9.17) is 10.4 Å². The molecule has 1 N–H and O–H groups in total. The van der Waals surface area contributed by atoms with Gasteiger partial charge in [0.05, 0.1) is 6.07 Å². The molecule has 0 radical (unpaired) electrons. The zero-order chi connectivity index (χ0) is 9.14. The van der Waals surface area contributed by atoms with Crippen LogP contribution in [0.5, 0.6) is 0 Å². The van der Waals surface area contributed by atoms with Gasteiger partial charge in [0.2, 0.25) is 0 Å². The molecule has 0 bridgehead atoms. The van der Waals surface area contributed by atoms with Crippen molar-refractivity contribution in [2.45, 2.75) is 13.5 Å². The van der Waals surface area contributed by atoms with Crippen LogP contribution in [-0.4, -0.2) is 15.6 Å². The lowest BCUT2D eigenvalue weighted by Crippen LogP contribution is -2.08.